The molecule has 2 aromatic rings. The summed E-state index contributed by atoms with van der Waals surface area (Å²) in [5, 5.41) is 0. The highest BCUT2D eigenvalue weighted by atomic mass is 35.5. The van der Waals surface area contributed by atoms with Gasteiger partial charge in [-0.1, -0.05) is 113 Å². The number of benzene rings is 2. The highest BCUT2D eigenvalue weighted by molar-refractivity contribution is 5.15. The van der Waals surface area contributed by atoms with Gasteiger partial charge in [0.05, 0.1) is 13.1 Å². The van der Waals surface area contributed by atoms with E-state index < -0.39 is 0 Å². The van der Waals surface area contributed by atoms with E-state index >= 15 is 0 Å². The normalized spacial score (nSPS) is 11.3. The van der Waals surface area contributed by atoms with Gasteiger partial charge in [-0.3, -0.25) is 0 Å². The van der Waals surface area contributed by atoms with Crippen LogP contribution in [0.25, 0.3) is 0 Å². The summed E-state index contributed by atoms with van der Waals surface area (Å²) in [5.41, 5.74) is 2.98. The molecule has 2 heteroatoms. The predicted octanol–water partition coefficient (Wildman–Crippen LogP) is 5.15. The minimum atomic E-state index is 0. The molecular weight excluding hydrogens is 386 g/mol. The highest BCUT2D eigenvalue weighted by Crippen LogP contribution is 2.24. The van der Waals surface area contributed by atoms with Gasteiger partial charge in [0.25, 0.3) is 0 Å². The molecule has 0 unspecified atom stereocenters. The summed E-state index contributed by atoms with van der Waals surface area (Å²) in [5.74, 6) is 0. The average molecular weight is 430 g/mol. The molecule has 0 amide bonds. The fraction of sp³-hybridized carbons (Fsp3) is 0.571. The summed E-state index contributed by atoms with van der Waals surface area (Å²) >= 11 is 0. The third-order valence-corrected chi connectivity index (χ3v) is 6.19. The van der Waals surface area contributed by atoms with Crippen LogP contribution in [0.3, 0.4) is 0 Å². The molecular formula is C28H44ClN. The summed E-state index contributed by atoms with van der Waals surface area (Å²) in [4.78, 5) is 0. The van der Waals surface area contributed by atoms with Crippen LogP contribution < -0.4 is 12.4 Å². The summed E-state index contributed by atoms with van der Waals surface area (Å²) in [6, 6.07) is 22.4. The number of nitrogens with zero attached hydrogens (tertiary/aromatic N) is 1. The predicted molar refractivity (Wildman–Crippen MR) is 128 cm³/mol. The molecule has 0 aromatic heterocycles. The number of hydrogen-bond donors (Lipinski definition) is 0. The first kappa shape index (κ1) is 26.7. The average Bonchev–Trinajstić information content (AvgIpc) is 2.75. The Kier molecular flexibility index (Phi) is 14.6. The molecule has 0 bridgehead atoms. The van der Waals surface area contributed by atoms with Crippen LogP contribution in [0.2, 0.25) is 0 Å². The van der Waals surface area contributed by atoms with E-state index in [1.165, 1.54) is 92.9 Å². The van der Waals surface area contributed by atoms with Crippen LogP contribution in [0.4, 0.5) is 0 Å². The Morgan fingerprint density at radius 3 is 1.23 bits per heavy atom. The van der Waals surface area contributed by atoms with Crippen LogP contribution in [0, 0.1) is 0 Å². The fourth-order valence-corrected chi connectivity index (χ4v) is 4.53. The van der Waals surface area contributed by atoms with Crippen molar-refractivity contribution < 1.29 is 16.9 Å². The summed E-state index contributed by atoms with van der Waals surface area (Å²) in [7, 11) is 0. The Balaban J connectivity index is 0.00000450. The van der Waals surface area contributed by atoms with Gasteiger partial charge in [-0.2, -0.15) is 0 Å². The standard InChI is InChI=1S/C28H44N.ClH/c1-3-5-7-9-17-23-29(24-18-10-8-6-4-2,25-27-19-13-11-14-20-27)26-28-21-15-12-16-22-28;/h11-16,19-22H,3-10,17-18,23-26H2,1-2H3;1H/q+1;/p-1. The zero-order valence-electron chi connectivity index (χ0n) is 19.5. The maximum absolute atomic E-state index is 2.33. The SMILES string of the molecule is CCCCCCC[N+](CCCCCCC)(Cc1ccccc1)Cc1ccccc1.[Cl-]. The van der Waals surface area contributed by atoms with E-state index in [-0.39, 0.29) is 12.4 Å². The molecule has 1 nitrogen and oxygen atoms in total. The molecule has 0 atom stereocenters. The Morgan fingerprint density at radius 2 is 0.867 bits per heavy atom. The molecule has 0 aliphatic rings. The van der Waals surface area contributed by atoms with E-state index in [4.69, 9.17) is 0 Å². The van der Waals surface area contributed by atoms with Crippen molar-refractivity contribution in [3.05, 3.63) is 71.8 Å². The van der Waals surface area contributed by atoms with Gasteiger partial charge in [-0.15, -0.1) is 0 Å². The van der Waals surface area contributed by atoms with Crippen molar-refractivity contribution >= 4 is 0 Å². The molecule has 0 aliphatic heterocycles. The first-order valence-corrected chi connectivity index (χ1v) is 12.2. The molecule has 0 N–H and O–H groups in total. The number of unbranched alkanes of at least 4 members (excludes halogenated alkanes) is 8. The van der Waals surface area contributed by atoms with Gasteiger partial charge in [0.15, 0.2) is 0 Å². The molecule has 0 fully saturated rings. The van der Waals surface area contributed by atoms with Crippen molar-refractivity contribution in [2.45, 2.75) is 91.1 Å². The first-order chi connectivity index (χ1) is 14.3. The Hall–Kier alpha value is -1.31. The van der Waals surface area contributed by atoms with Gasteiger partial charge in [-0.25, -0.2) is 0 Å². The number of rotatable bonds is 16. The van der Waals surface area contributed by atoms with Crippen LogP contribution in [0.15, 0.2) is 60.7 Å². The minimum absolute atomic E-state index is 0. The van der Waals surface area contributed by atoms with Gasteiger partial charge < -0.3 is 16.9 Å². The van der Waals surface area contributed by atoms with Crippen LogP contribution in [0.5, 0.6) is 0 Å². The Labute approximate surface area is 192 Å². The highest BCUT2D eigenvalue weighted by Gasteiger charge is 2.27. The fourth-order valence-electron chi connectivity index (χ4n) is 4.53. The molecule has 2 rings (SSSR count). The molecule has 0 aliphatic carbocycles. The van der Waals surface area contributed by atoms with Gasteiger partial charge in [0.2, 0.25) is 0 Å². The largest absolute Gasteiger partial charge is 1.00 e. The summed E-state index contributed by atoms with van der Waals surface area (Å²) in [6.45, 7) is 9.56. The second-order valence-electron chi connectivity index (χ2n) is 8.90. The maximum Gasteiger partial charge on any atom is 0.105 e. The van der Waals surface area contributed by atoms with Gasteiger partial charge >= 0.3 is 0 Å². The summed E-state index contributed by atoms with van der Waals surface area (Å²) in [6.07, 6.45) is 13.7. The van der Waals surface area contributed by atoms with Crippen molar-refractivity contribution in [1.29, 1.82) is 0 Å². The van der Waals surface area contributed by atoms with E-state index in [0.717, 1.165) is 13.1 Å². The van der Waals surface area contributed by atoms with E-state index in [2.05, 4.69) is 74.5 Å². The topological polar surface area (TPSA) is 0 Å². The van der Waals surface area contributed by atoms with Crippen LogP contribution >= 0.6 is 0 Å². The quantitative estimate of drug-likeness (QED) is 0.256. The maximum atomic E-state index is 2.33. The van der Waals surface area contributed by atoms with Crippen molar-refractivity contribution in [1.82, 2.24) is 0 Å². The number of hydrogen-bond acceptors (Lipinski definition) is 0. The van der Waals surface area contributed by atoms with Crippen molar-refractivity contribution in [3.63, 3.8) is 0 Å². The van der Waals surface area contributed by atoms with E-state index in [9.17, 15) is 0 Å². The van der Waals surface area contributed by atoms with Crippen molar-refractivity contribution in [2.24, 2.45) is 0 Å². The Bertz CT molecular complexity index is 568. The third-order valence-electron chi connectivity index (χ3n) is 6.19. The lowest BCUT2D eigenvalue weighted by Gasteiger charge is -2.39. The van der Waals surface area contributed by atoms with Crippen LogP contribution in [-0.2, 0) is 13.1 Å². The zero-order valence-corrected chi connectivity index (χ0v) is 20.3. The monoisotopic (exact) mass is 429 g/mol. The zero-order chi connectivity index (χ0) is 20.6. The van der Waals surface area contributed by atoms with E-state index in [1.54, 1.807) is 0 Å². The van der Waals surface area contributed by atoms with E-state index in [0.29, 0.717) is 0 Å². The molecule has 168 valence electrons. The molecule has 0 saturated heterocycles. The lowest BCUT2D eigenvalue weighted by Crippen LogP contribution is -3.00. The van der Waals surface area contributed by atoms with Crippen molar-refractivity contribution in [3.8, 4) is 0 Å². The van der Waals surface area contributed by atoms with Gasteiger partial charge in [0.1, 0.15) is 13.1 Å². The molecule has 2 aromatic carbocycles. The van der Waals surface area contributed by atoms with Gasteiger partial charge in [-0.05, 0) is 25.7 Å². The third kappa shape index (κ3) is 10.6. The van der Waals surface area contributed by atoms with Crippen molar-refractivity contribution in [2.75, 3.05) is 13.1 Å². The van der Waals surface area contributed by atoms with Crippen LogP contribution in [-0.4, -0.2) is 17.6 Å². The molecule has 0 radical (unpaired) electrons. The lowest BCUT2D eigenvalue weighted by atomic mass is 10.1. The summed E-state index contributed by atoms with van der Waals surface area (Å²) < 4.78 is 1.21. The van der Waals surface area contributed by atoms with Gasteiger partial charge in [0, 0.05) is 11.1 Å². The Morgan fingerprint density at radius 1 is 0.500 bits per heavy atom. The van der Waals surface area contributed by atoms with E-state index in [1.807, 2.05) is 0 Å². The number of halogens is 1. The van der Waals surface area contributed by atoms with Crippen LogP contribution in [0.1, 0.15) is 89.2 Å². The lowest BCUT2D eigenvalue weighted by molar-refractivity contribution is -0.954. The number of quaternary nitrogens is 1. The molecule has 0 heterocycles. The molecule has 0 saturated carbocycles. The second-order valence-corrected chi connectivity index (χ2v) is 8.90. The molecule has 30 heavy (non-hydrogen) atoms. The minimum Gasteiger partial charge on any atom is -1.00 e. The molecule has 0 spiro atoms. The smallest absolute Gasteiger partial charge is 0.105 e. The first-order valence-electron chi connectivity index (χ1n) is 12.2. The second kappa shape index (κ2) is 16.4.